The number of halogens is 1. The van der Waals surface area contributed by atoms with Crippen molar-refractivity contribution in [3.8, 4) is 11.3 Å². The lowest BCUT2D eigenvalue weighted by Gasteiger charge is -2.26. The van der Waals surface area contributed by atoms with Crippen LogP contribution >= 0.6 is 12.4 Å². The maximum absolute atomic E-state index is 11.8. The molecule has 2 aromatic heterocycles. The van der Waals surface area contributed by atoms with Crippen LogP contribution in [0.5, 0.6) is 0 Å². The highest BCUT2D eigenvalue weighted by Crippen LogP contribution is 2.24. The largest absolute Gasteiger partial charge is 0.370 e. The van der Waals surface area contributed by atoms with Crippen LogP contribution in [0.2, 0.25) is 0 Å². The second-order valence-corrected chi connectivity index (χ2v) is 5.12. The van der Waals surface area contributed by atoms with Crippen molar-refractivity contribution in [2.24, 2.45) is 0 Å². The zero-order valence-corrected chi connectivity index (χ0v) is 13.0. The molecule has 0 aliphatic carbocycles. The normalized spacial score (nSPS) is 14.8. The maximum atomic E-state index is 11.8. The molecule has 6 nitrogen and oxygen atoms in total. The van der Waals surface area contributed by atoms with E-state index in [1.54, 1.807) is 11.2 Å². The number of nitrogens with zero attached hydrogens (tertiary/aromatic N) is 3. The first kappa shape index (κ1) is 15.5. The minimum Gasteiger partial charge on any atom is -0.370 e. The predicted octanol–water partition coefficient (Wildman–Crippen LogP) is 2.41. The second kappa shape index (κ2) is 6.36. The van der Waals surface area contributed by atoms with Gasteiger partial charge in [-0.3, -0.25) is 4.79 Å². The third-order valence-electron chi connectivity index (χ3n) is 3.74. The van der Waals surface area contributed by atoms with Crippen molar-refractivity contribution in [1.82, 2.24) is 15.0 Å². The third kappa shape index (κ3) is 2.91. The van der Waals surface area contributed by atoms with Crippen molar-refractivity contribution in [1.29, 1.82) is 0 Å². The van der Waals surface area contributed by atoms with Crippen molar-refractivity contribution in [3.63, 3.8) is 0 Å². The summed E-state index contributed by atoms with van der Waals surface area (Å²) in [5.74, 6) is -0.00457. The molecule has 1 N–H and O–H groups in total. The van der Waals surface area contributed by atoms with E-state index in [-0.39, 0.29) is 24.9 Å². The van der Waals surface area contributed by atoms with Gasteiger partial charge in [-0.2, -0.15) is 0 Å². The number of nitrogens with one attached hydrogen (secondary N) is 1. The van der Waals surface area contributed by atoms with E-state index in [1.807, 2.05) is 36.4 Å². The number of fused-ring (bicyclic) bond motifs is 1. The number of pyridine rings is 1. The number of anilines is 1. The van der Waals surface area contributed by atoms with Crippen LogP contribution in [-0.2, 0) is 9.53 Å². The van der Waals surface area contributed by atoms with Crippen molar-refractivity contribution in [2.75, 3.05) is 24.7 Å². The summed E-state index contributed by atoms with van der Waals surface area (Å²) in [6.45, 7) is 1.32. The number of aromatic nitrogens is 3. The molecule has 7 heteroatoms. The van der Waals surface area contributed by atoms with Gasteiger partial charge < -0.3 is 14.6 Å². The third-order valence-corrected chi connectivity index (χ3v) is 3.74. The number of carbonyl (C=O) groups excluding carboxylic acids is 1. The average Bonchev–Trinajstić information content (AvgIpc) is 3.03. The summed E-state index contributed by atoms with van der Waals surface area (Å²) in [6.07, 6.45) is 1.63. The van der Waals surface area contributed by atoms with E-state index in [0.717, 1.165) is 22.5 Å². The lowest BCUT2D eigenvalue weighted by Crippen LogP contribution is -2.41. The van der Waals surface area contributed by atoms with E-state index in [4.69, 9.17) is 4.74 Å². The van der Waals surface area contributed by atoms with Crippen LogP contribution in [0.15, 0.2) is 42.7 Å². The fourth-order valence-electron chi connectivity index (χ4n) is 2.59. The number of imidazole rings is 1. The first-order chi connectivity index (χ1) is 10.8. The Hall–Kier alpha value is -2.44. The average molecular weight is 331 g/mol. The molecule has 23 heavy (non-hydrogen) atoms. The van der Waals surface area contributed by atoms with Gasteiger partial charge in [-0.1, -0.05) is 12.1 Å². The molecule has 3 aromatic rings. The molecule has 0 saturated carbocycles. The molecule has 1 amide bonds. The monoisotopic (exact) mass is 330 g/mol. The van der Waals surface area contributed by atoms with Crippen molar-refractivity contribution in [3.05, 3.63) is 42.7 Å². The van der Waals surface area contributed by atoms with Gasteiger partial charge in [0.2, 0.25) is 0 Å². The Morgan fingerprint density at radius 1 is 1.13 bits per heavy atom. The van der Waals surface area contributed by atoms with Crippen LogP contribution in [0.3, 0.4) is 0 Å². The highest BCUT2D eigenvalue weighted by atomic mass is 35.5. The number of aromatic amines is 1. The molecular formula is C16H15ClN4O2. The molecule has 1 aromatic carbocycles. The van der Waals surface area contributed by atoms with Crippen LogP contribution in [0.25, 0.3) is 22.4 Å². The Labute approximate surface area is 138 Å². The first-order valence-corrected chi connectivity index (χ1v) is 7.10. The number of rotatable bonds is 2. The summed E-state index contributed by atoms with van der Waals surface area (Å²) in [4.78, 5) is 25.3. The van der Waals surface area contributed by atoms with E-state index >= 15 is 0 Å². The Morgan fingerprint density at radius 2 is 1.96 bits per heavy atom. The molecule has 0 spiro atoms. The van der Waals surface area contributed by atoms with Crippen LogP contribution in [0, 0.1) is 0 Å². The zero-order chi connectivity index (χ0) is 14.9. The van der Waals surface area contributed by atoms with E-state index in [1.165, 1.54) is 0 Å². The standard InChI is InChI=1S/C16H14N4O2.ClH/c21-15-9-22-8-7-20(15)12-3-1-11(2-4-12)13-5-6-14-16(19-13)18-10-17-14;/h1-6,10H,7-9H2,(H,17,18,19);1H. The van der Waals surface area contributed by atoms with E-state index in [2.05, 4.69) is 15.0 Å². The first-order valence-electron chi connectivity index (χ1n) is 7.10. The Kier molecular flexibility index (Phi) is 4.27. The Morgan fingerprint density at radius 3 is 2.74 bits per heavy atom. The van der Waals surface area contributed by atoms with Gasteiger partial charge in [0.05, 0.1) is 24.1 Å². The van der Waals surface area contributed by atoms with Gasteiger partial charge in [-0.05, 0) is 24.3 Å². The SMILES string of the molecule is Cl.O=C1COCCN1c1ccc(-c2ccc3[nH]cnc3n2)cc1. The minimum absolute atomic E-state index is 0. The van der Waals surface area contributed by atoms with Crippen LogP contribution in [0.1, 0.15) is 0 Å². The Bertz CT molecular complexity index is 831. The number of benzene rings is 1. The van der Waals surface area contributed by atoms with E-state index in [0.29, 0.717) is 18.8 Å². The Balaban J connectivity index is 0.00000156. The summed E-state index contributed by atoms with van der Waals surface area (Å²) in [7, 11) is 0. The second-order valence-electron chi connectivity index (χ2n) is 5.12. The number of amides is 1. The predicted molar refractivity (Wildman–Crippen MR) is 89.7 cm³/mol. The van der Waals surface area contributed by atoms with Gasteiger partial charge in [-0.15, -0.1) is 12.4 Å². The van der Waals surface area contributed by atoms with Gasteiger partial charge in [-0.25, -0.2) is 9.97 Å². The number of hydrogen-bond acceptors (Lipinski definition) is 4. The summed E-state index contributed by atoms with van der Waals surface area (Å²) in [5.41, 5.74) is 4.36. The van der Waals surface area contributed by atoms with Crippen LogP contribution in [0.4, 0.5) is 5.69 Å². The molecule has 4 rings (SSSR count). The molecule has 118 valence electrons. The van der Waals surface area contributed by atoms with Crippen molar-refractivity contribution in [2.45, 2.75) is 0 Å². The topological polar surface area (TPSA) is 71.1 Å². The van der Waals surface area contributed by atoms with Crippen LogP contribution in [-0.4, -0.2) is 40.6 Å². The number of morpholine rings is 1. The summed E-state index contributed by atoms with van der Waals surface area (Å²) in [5, 5.41) is 0. The molecule has 0 bridgehead atoms. The van der Waals surface area contributed by atoms with E-state index in [9.17, 15) is 4.79 Å². The molecule has 1 saturated heterocycles. The molecule has 0 radical (unpaired) electrons. The molecule has 0 unspecified atom stereocenters. The van der Waals surface area contributed by atoms with Gasteiger partial charge in [0.15, 0.2) is 5.65 Å². The van der Waals surface area contributed by atoms with Crippen LogP contribution < -0.4 is 4.90 Å². The lowest BCUT2D eigenvalue weighted by atomic mass is 10.1. The number of carbonyl (C=O) groups is 1. The summed E-state index contributed by atoms with van der Waals surface area (Å²) in [6, 6.07) is 11.7. The minimum atomic E-state index is -0.00457. The zero-order valence-electron chi connectivity index (χ0n) is 12.2. The molecule has 1 aliphatic heterocycles. The van der Waals surface area contributed by atoms with Crippen molar-refractivity contribution >= 4 is 35.2 Å². The molecule has 1 fully saturated rings. The lowest BCUT2D eigenvalue weighted by molar-refractivity contribution is -0.125. The molecule has 3 heterocycles. The van der Waals surface area contributed by atoms with E-state index < -0.39 is 0 Å². The molecular weight excluding hydrogens is 316 g/mol. The highest BCUT2D eigenvalue weighted by molar-refractivity contribution is 5.95. The van der Waals surface area contributed by atoms with Gasteiger partial charge >= 0.3 is 0 Å². The van der Waals surface area contributed by atoms with Gasteiger partial charge in [0.25, 0.3) is 5.91 Å². The number of ether oxygens (including phenoxy) is 1. The molecule has 1 aliphatic rings. The number of H-pyrrole nitrogens is 1. The maximum Gasteiger partial charge on any atom is 0.253 e. The van der Waals surface area contributed by atoms with Gasteiger partial charge in [0.1, 0.15) is 6.61 Å². The summed E-state index contributed by atoms with van der Waals surface area (Å²) >= 11 is 0. The highest BCUT2D eigenvalue weighted by Gasteiger charge is 2.19. The fraction of sp³-hybridized carbons (Fsp3) is 0.188. The quantitative estimate of drug-likeness (QED) is 0.783. The summed E-state index contributed by atoms with van der Waals surface area (Å²) < 4.78 is 5.15. The smallest absolute Gasteiger partial charge is 0.253 e. The van der Waals surface area contributed by atoms with Crippen molar-refractivity contribution < 1.29 is 9.53 Å². The fourth-order valence-corrected chi connectivity index (χ4v) is 2.59. The number of hydrogen-bond donors (Lipinski definition) is 1. The molecule has 0 atom stereocenters. The van der Waals surface area contributed by atoms with Gasteiger partial charge in [0, 0.05) is 17.8 Å².